The van der Waals surface area contributed by atoms with Crippen molar-refractivity contribution < 1.29 is 9.13 Å². The van der Waals surface area contributed by atoms with Crippen molar-refractivity contribution in [1.82, 2.24) is 10.2 Å². The number of halogens is 2. The van der Waals surface area contributed by atoms with Gasteiger partial charge in [-0.15, -0.1) is 10.2 Å². The molecule has 0 radical (unpaired) electrons. The molecule has 1 aromatic carbocycles. The van der Waals surface area contributed by atoms with Crippen LogP contribution in [0.2, 0.25) is 5.15 Å². The molecule has 0 N–H and O–H groups in total. The summed E-state index contributed by atoms with van der Waals surface area (Å²) in [4.78, 5) is 0. The van der Waals surface area contributed by atoms with E-state index in [2.05, 4.69) is 10.2 Å². The maximum atomic E-state index is 13.5. The van der Waals surface area contributed by atoms with E-state index in [-0.39, 0.29) is 22.3 Å². The summed E-state index contributed by atoms with van der Waals surface area (Å²) < 4.78 is 18.6. The Labute approximate surface area is 101 Å². The van der Waals surface area contributed by atoms with Crippen LogP contribution in [0.3, 0.4) is 0 Å². The van der Waals surface area contributed by atoms with E-state index in [1.807, 2.05) is 6.07 Å². The van der Waals surface area contributed by atoms with Gasteiger partial charge in [-0.1, -0.05) is 11.6 Å². The maximum absolute atomic E-state index is 13.5. The zero-order valence-electron chi connectivity index (χ0n) is 8.39. The highest BCUT2D eigenvalue weighted by atomic mass is 35.5. The minimum absolute atomic E-state index is 0.0272. The lowest BCUT2D eigenvalue weighted by Gasteiger charge is -2.04. The molecule has 0 aliphatic heterocycles. The van der Waals surface area contributed by atoms with Gasteiger partial charge in [0.15, 0.2) is 16.7 Å². The number of ether oxygens (including phenoxy) is 1. The number of hydrogen-bond donors (Lipinski definition) is 0. The lowest BCUT2D eigenvalue weighted by atomic mass is 10.2. The highest BCUT2D eigenvalue weighted by molar-refractivity contribution is 6.29. The molecule has 0 bridgehead atoms. The second kappa shape index (κ2) is 4.76. The molecule has 0 aliphatic rings. The van der Waals surface area contributed by atoms with Gasteiger partial charge in [0.2, 0.25) is 5.88 Å². The molecule has 2 aromatic rings. The zero-order valence-corrected chi connectivity index (χ0v) is 9.15. The summed E-state index contributed by atoms with van der Waals surface area (Å²) in [5, 5.41) is 16.0. The average Bonchev–Trinajstić information content (AvgIpc) is 2.34. The van der Waals surface area contributed by atoms with Crippen LogP contribution in [0.15, 0.2) is 30.3 Å². The van der Waals surface area contributed by atoms with E-state index in [4.69, 9.17) is 21.6 Å². The first kappa shape index (κ1) is 11.3. The summed E-state index contributed by atoms with van der Waals surface area (Å²) in [6, 6.07) is 8.65. The number of nitrogens with zero attached hydrogens (tertiary/aromatic N) is 3. The second-order valence-corrected chi connectivity index (χ2v) is 3.44. The van der Waals surface area contributed by atoms with Crippen molar-refractivity contribution in [3.63, 3.8) is 0 Å². The van der Waals surface area contributed by atoms with Gasteiger partial charge in [-0.05, 0) is 24.3 Å². The van der Waals surface area contributed by atoms with Gasteiger partial charge in [-0.3, -0.25) is 0 Å². The summed E-state index contributed by atoms with van der Waals surface area (Å²) >= 11 is 5.55. The Morgan fingerprint density at radius 2 is 2.06 bits per heavy atom. The Bertz CT molecular complexity index is 580. The number of rotatable bonds is 2. The predicted molar refractivity (Wildman–Crippen MR) is 58.2 cm³/mol. The molecular weight excluding hydrogens is 245 g/mol. The van der Waals surface area contributed by atoms with Crippen LogP contribution >= 0.6 is 11.6 Å². The fourth-order valence-corrected chi connectivity index (χ4v) is 1.22. The van der Waals surface area contributed by atoms with Crippen molar-refractivity contribution in [3.8, 4) is 17.7 Å². The first-order valence-electron chi connectivity index (χ1n) is 4.56. The molecule has 0 saturated carbocycles. The number of aromatic nitrogens is 2. The van der Waals surface area contributed by atoms with Crippen molar-refractivity contribution in [2.75, 3.05) is 0 Å². The molecule has 4 nitrogen and oxygen atoms in total. The van der Waals surface area contributed by atoms with Gasteiger partial charge < -0.3 is 4.74 Å². The molecule has 1 aromatic heterocycles. The Kier molecular flexibility index (Phi) is 3.17. The van der Waals surface area contributed by atoms with Crippen LogP contribution in [-0.2, 0) is 0 Å². The van der Waals surface area contributed by atoms with E-state index in [1.54, 1.807) is 0 Å². The van der Waals surface area contributed by atoms with Crippen LogP contribution in [0, 0.1) is 17.1 Å². The Balaban J connectivity index is 2.25. The van der Waals surface area contributed by atoms with Gasteiger partial charge in [0.25, 0.3) is 0 Å². The lowest BCUT2D eigenvalue weighted by molar-refractivity contribution is 0.422. The van der Waals surface area contributed by atoms with Crippen molar-refractivity contribution in [1.29, 1.82) is 5.26 Å². The lowest BCUT2D eigenvalue weighted by Crippen LogP contribution is -1.93. The normalized spacial score (nSPS) is 9.71. The molecule has 1 heterocycles. The highest BCUT2D eigenvalue weighted by Crippen LogP contribution is 2.23. The van der Waals surface area contributed by atoms with Crippen molar-refractivity contribution in [3.05, 3.63) is 46.9 Å². The van der Waals surface area contributed by atoms with Crippen LogP contribution in [0.25, 0.3) is 0 Å². The van der Waals surface area contributed by atoms with Crippen LogP contribution in [0.5, 0.6) is 11.6 Å². The smallest absolute Gasteiger partial charge is 0.239 e. The number of hydrogen-bond acceptors (Lipinski definition) is 4. The summed E-state index contributed by atoms with van der Waals surface area (Å²) in [5.74, 6) is -0.542. The molecule has 0 spiro atoms. The highest BCUT2D eigenvalue weighted by Gasteiger charge is 2.07. The largest absolute Gasteiger partial charge is 0.434 e. The SMILES string of the molecule is N#Cc1ccc(Oc2ccc(Cl)nn2)c(F)c1. The van der Waals surface area contributed by atoms with Crippen molar-refractivity contribution in [2.24, 2.45) is 0 Å². The molecule has 2 rings (SSSR count). The third-order valence-electron chi connectivity index (χ3n) is 1.88. The molecule has 84 valence electrons. The zero-order chi connectivity index (χ0) is 12.3. The summed E-state index contributed by atoms with van der Waals surface area (Å²) in [6.07, 6.45) is 0. The minimum atomic E-state index is -0.638. The molecule has 6 heteroatoms. The third kappa shape index (κ3) is 2.68. The summed E-state index contributed by atoms with van der Waals surface area (Å²) in [7, 11) is 0. The molecule has 0 amide bonds. The van der Waals surface area contributed by atoms with E-state index in [9.17, 15) is 4.39 Å². The van der Waals surface area contributed by atoms with Crippen LogP contribution in [0.1, 0.15) is 5.56 Å². The second-order valence-electron chi connectivity index (χ2n) is 3.05. The Hall–Kier alpha value is -2.19. The average molecular weight is 250 g/mol. The van der Waals surface area contributed by atoms with Crippen molar-refractivity contribution in [2.45, 2.75) is 0 Å². The fraction of sp³-hybridized carbons (Fsp3) is 0. The van der Waals surface area contributed by atoms with E-state index < -0.39 is 5.82 Å². The first-order chi connectivity index (χ1) is 8.19. The van der Waals surface area contributed by atoms with Crippen LogP contribution in [0.4, 0.5) is 4.39 Å². The predicted octanol–water partition coefficient (Wildman–Crippen LogP) is 2.93. The van der Waals surface area contributed by atoms with Crippen LogP contribution in [-0.4, -0.2) is 10.2 Å². The molecule has 0 atom stereocenters. The van der Waals surface area contributed by atoms with Gasteiger partial charge in [0.1, 0.15) is 0 Å². The topological polar surface area (TPSA) is 58.8 Å². The Morgan fingerprint density at radius 1 is 1.24 bits per heavy atom. The molecule has 0 unspecified atom stereocenters. The first-order valence-corrected chi connectivity index (χ1v) is 4.93. The number of nitriles is 1. The van der Waals surface area contributed by atoms with Gasteiger partial charge in [0.05, 0.1) is 11.6 Å². The molecular formula is C11H5ClFN3O. The van der Waals surface area contributed by atoms with Crippen LogP contribution < -0.4 is 4.74 Å². The molecule has 0 aliphatic carbocycles. The van der Waals surface area contributed by atoms with Gasteiger partial charge in [0, 0.05) is 6.07 Å². The molecule has 17 heavy (non-hydrogen) atoms. The van der Waals surface area contributed by atoms with E-state index in [0.29, 0.717) is 0 Å². The van der Waals surface area contributed by atoms with E-state index >= 15 is 0 Å². The minimum Gasteiger partial charge on any atom is -0.434 e. The van der Waals surface area contributed by atoms with E-state index in [0.717, 1.165) is 6.07 Å². The fourth-order valence-electron chi connectivity index (χ4n) is 1.12. The Morgan fingerprint density at radius 3 is 2.65 bits per heavy atom. The molecule has 0 fully saturated rings. The molecule has 0 saturated heterocycles. The van der Waals surface area contributed by atoms with Gasteiger partial charge >= 0.3 is 0 Å². The monoisotopic (exact) mass is 249 g/mol. The summed E-state index contributed by atoms with van der Waals surface area (Å²) in [5.41, 5.74) is 0.219. The quantitative estimate of drug-likeness (QED) is 0.821. The maximum Gasteiger partial charge on any atom is 0.239 e. The van der Waals surface area contributed by atoms with Gasteiger partial charge in [-0.2, -0.15) is 5.26 Å². The number of benzene rings is 1. The third-order valence-corrected chi connectivity index (χ3v) is 2.08. The van der Waals surface area contributed by atoms with E-state index in [1.165, 1.54) is 24.3 Å². The standard InChI is InChI=1S/C11H5ClFN3O/c12-10-3-4-11(16-15-10)17-9-2-1-7(6-14)5-8(9)13/h1-5H. The van der Waals surface area contributed by atoms with Crippen molar-refractivity contribution >= 4 is 11.6 Å². The van der Waals surface area contributed by atoms with Gasteiger partial charge in [-0.25, -0.2) is 4.39 Å². The summed E-state index contributed by atoms with van der Waals surface area (Å²) in [6.45, 7) is 0.